The van der Waals surface area contributed by atoms with E-state index in [1.807, 2.05) is 0 Å². The Morgan fingerprint density at radius 3 is 0.538 bits per heavy atom. The summed E-state index contributed by atoms with van der Waals surface area (Å²) >= 11 is 31.2. The van der Waals surface area contributed by atoms with Gasteiger partial charge in [-0.1, -0.05) is 0 Å². The van der Waals surface area contributed by atoms with Crippen molar-refractivity contribution in [2.75, 3.05) is 0 Å². The Bertz CT molecular complexity index is 70.1. The van der Waals surface area contributed by atoms with Gasteiger partial charge in [0.05, 0.1) is 0 Å². The number of hydrogen-bond acceptors (Lipinski definition) is 4. The number of rotatable bonds is 0. The summed E-state index contributed by atoms with van der Waals surface area (Å²) in [6, 6.07) is 0. The van der Waals surface area contributed by atoms with Crippen molar-refractivity contribution in [2.45, 2.75) is 0 Å². The second kappa shape index (κ2) is 55.8. The first-order valence-electron chi connectivity index (χ1n) is 1.53. The summed E-state index contributed by atoms with van der Waals surface area (Å²) in [5.41, 5.74) is 0. The summed E-state index contributed by atoms with van der Waals surface area (Å²) in [5.74, 6) is 0. The molecule has 0 aliphatic rings. The van der Waals surface area contributed by atoms with Crippen molar-refractivity contribution in [3.63, 3.8) is 0 Å². The Labute approximate surface area is 141 Å². The molecule has 0 fully saturated rings. The van der Waals surface area contributed by atoms with Gasteiger partial charge < -0.3 is 0 Å². The van der Waals surface area contributed by atoms with E-state index in [2.05, 4.69) is 96.2 Å². The monoisotopic (exact) mass is 482 g/mol. The summed E-state index contributed by atoms with van der Waals surface area (Å²) in [4.78, 5) is 0. The first-order chi connectivity index (χ1) is 5.66. The first kappa shape index (κ1) is 30.3. The molecule has 0 unspecified atom stereocenters. The predicted octanol–water partition coefficient (Wildman–Crippen LogP) is 4.95. The molecule has 13 heavy (non-hydrogen) atoms. The average Bonchev–Trinajstić information content (AvgIpc) is 1.92. The molecule has 0 aliphatic carbocycles. The summed E-state index contributed by atoms with van der Waals surface area (Å²) in [6.07, 6.45) is 0. The van der Waals surface area contributed by atoms with Crippen LogP contribution in [0.5, 0.6) is 0 Å². The number of hydrogen-bond donors (Lipinski definition) is 4. The van der Waals surface area contributed by atoms with E-state index in [1.54, 1.807) is 0 Å². The van der Waals surface area contributed by atoms with Crippen LogP contribution in [0.3, 0.4) is 0 Å². The molecule has 0 nitrogen and oxygen atoms in total. The maximum absolute atomic E-state index is 4.23. The van der Waals surface area contributed by atoms with E-state index in [4.69, 9.17) is 0 Å². The van der Waals surface area contributed by atoms with Crippen molar-refractivity contribution in [1.82, 2.24) is 0 Å². The maximum Gasteiger partial charge on any atom is 4.00 e. The van der Waals surface area contributed by atoms with E-state index in [-0.39, 0.29) is 21.1 Å². The molecule has 0 aromatic carbocycles. The van der Waals surface area contributed by atoms with Crippen molar-refractivity contribution < 1.29 is 21.1 Å². The van der Waals surface area contributed by atoms with E-state index >= 15 is 0 Å². The third kappa shape index (κ3) is 187. The van der Waals surface area contributed by atoms with Gasteiger partial charge in [0.1, 0.15) is 0 Å². The molecule has 13 heteroatoms. The molecule has 0 aromatic rings. The molecule has 0 spiro atoms. The SMILES string of the molecule is S=PS.S=PS.S=PS.S=PS.[Mo+4]. The van der Waals surface area contributed by atoms with Crippen LogP contribution in [0.4, 0.5) is 0 Å². The Kier molecular flexibility index (Phi) is 130. The Hall–Kier alpha value is 4.17. The van der Waals surface area contributed by atoms with Gasteiger partial charge in [-0.15, -0.1) is 49.0 Å². The van der Waals surface area contributed by atoms with Crippen molar-refractivity contribution in [2.24, 2.45) is 0 Å². The fraction of sp³-hybridized carbons (Fsp3) is 0. The molecule has 0 aliphatic heterocycles. The molecule has 0 amide bonds. The molecular weight excluding hydrogens is 476 g/mol. The van der Waals surface area contributed by atoms with Crippen LogP contribution in [0.15, 0.2) is 0 Å². The van der Waals surface area contributed by atoms with Crippen LogP contribution in [0.1, 0.15) is 0 Å². The molecule has 0 N–H and O–H groups in total. The molecule has 0 bridgehead atoms. The van der Waals surface area contributed by atoms with Crippen molar-refractivity contribution in [1.29, 1.82) is 0 Å². The molecular formula is H4MoP4S8+4. The number of thiol groups is 4. The van der Waals surface area contributed by atoms with Crippen LogP contribution < -0.4 is 0 Å². The van der Waals surface area contributed by atoms with Gasteiger partial charge in [0.15, 0.2) is 0 Å². The van der Waals surface area contributed by atoms with E-state index in [0.29, 0.717) is 26.2 Å². The van der Waals surface area contributed by atoms with Gasteiger partial charge in [-0.05, 0) is 47.2 Å². The first-order valence-corrected chi connectivity index (χ1v) is 13.8. The Morgan fingerprint density at radius 1 is 0.538 bits per heavy atom. The third-order valence-electron chi connectivity index (χ3n) is 0. The topological polar surface area (TPSA) is 0 Å². The minimum atomic E-state index is 0. The largest absolute Gasteiger partial charge is 4.00 e. The predicted molar refractivity (Wildman–Crippen MR) is 93.1 cm³/mol. The van der Waals surface area contributed by atoms with Gasteiger partial charge >= 0.3 is 21.1 Å². The smallest absolute Gasteiger partial charge is 0.108 e. The quantitative estimate of drug-likeness (QED) is 0.220. The zero-order chi connectivity index (χ0) is 10.8. The standard InChI is InChI=1S/Mo.4HPS2/c;4*2-1-3/h;4*(H,2,3)/q+4;;;;. The van der Waals surface area contributed by atoms with Crippen LogP contribution >= 0.6 is 75.2 Å². The van der Waals surface area contributed by atoms with Crippen LogP contribution in [-0.4, -0.2) is 0 Å². The normalized spacial score (nSPS) is 6.46. The van der Waals surface area contributed by atoms with Crippen LogP contribution in [0.25, 0.3) is 0 Å². The van der Waals surface area contributed by atoms with Crippen LogP contribution in [0, 0.1) is 0 Å². The molecule has 74 valence electrons. The van der Waals surface area contributed by atoms with E-state index < -0.39 is 0 Å². The minimum absolute atomic E-state index is 0. The minimum Gasteiger partial charge on any atom is -0.108 e. The molecule has 0 saturated heterocycles. The zero-order valence-electron chi connectivity index (χ0n) is 5.62. The second-order valence-corrected chi connectivity index (χ2v) is 8.82. The van der Waals surface area contributed by atoms with Crippen molar-refractivity contribution in [3.05, 3.63) is 0 Å². The van der Waals surface area contributed by atoms with Gasteiger partial charge in [0, 0.05) is 26.2 Å². The summed E-state index contributed by atoms with van der Waals surface area (Å²) in [6.45, 7) is 2.78. The summed E-state index contributed by atoms with van der Waals surface area (Å²) in [5, 5.41) is 0. The van der Waals surface area contributed by atoms with E-state index in [0.717, 1.165) is 0 Å². The molecule has 0 radical (unpaired) electrons. The summed E-state index contributed by atoms with van der Waals surface area (Å²) in [7, 11) is 0. The van der Waals surface area contributed by atoms with Gasteiger partial charge in [-0.2, -0.15) is 0 Å². The molecule has 0 heterocycles. The van der Waals surface area contributed by atoms with Crippen molar-refractivity contribution in [3.8, 4) is 0 Å². The molecule has 0 saturated carbocycles. The third-order valence-corrected chi connectivity index (χ3v) is 0. The Balaban J connectivity index is -0.0000000213. The second-order valence-electron chi connectivity index (χ2n) is 0.327. The molecule has 0 rings (SSSR count). The van der Waals surface area contributed by atoms with Crippen LogP contribution in [-0.2, 0) is 68.3 Å². The molecule has 0 atom stereocenters. The van der Waals surface area contributed by atoms with E-state index in [1.165, 1.54) is 0 Å². The fourth-order valence-electron chi connectivity index (χ4n) is 0. The average molecular weight is 480 g/mol. The molecule has 0 aromatic heterocycles. The Morgan fingerprint density at radius 2 is 0.538 bits per heavy atom. The van der Waals surface area contributed by atoms with Gasteiger partial charge in [-0.25, -0.2) is 0 Å². The summed E-state index contributed by atoms with van der Waals surface area (Å²) < 4.78 is 0. The van der Waals surface area contributed by atoms with Crippen LogP contribution in [0.2, 0.25) is 0 Å². The fourth-order valence-corrected chi connectivity index (χ4v) is 0. The van der Waals surface area contributed by atoms with E-state index in [9.17, 15) is 0 Å². The van der Waals surface area contributed by atoms with Gasteiger partial charge in [-0.3, -0.25) is 0 Å². The van der Waals surface area contributed by atoms with Gasteiger partial charge in [0.2, 0.25) is 0 Å². The maximum atomic E-state index is 4.23. The van der Waals surface area contributed by atoms with Gasteiger partial charge in [0.25, 0.3) is 0 Å². The van der Waals surface area contributed by atoms with Crippen molar-refractivity contribution >= 4 is 122 Å². The zero-order valence-corrected chi connectivity index (χ0v) is 18.0.